The summed E-state index contributed by atoms with van der Waals surface area (Å²) in [5.74, 6) is 0.192. The molecule has 1 N–H and O–H groups in total. The second-order valence-corrected chi connectivity index (χ2v) is 5.55. The number of rotatable bonds is 3. The summed E-state index contributed by atoms with van der Waals surface area (Å²) in [5.41, 5.74) is 3.83. The standard InChI is InChI=1S/C16H12Cl2N2O2/c1-9-6-10(2-4-12(9)19-15(21)8-17)16-20-13-7-11(18)3-5-14(13)22-16/h2-7H,8H2,1H3,(H,19,21). The number of hydrogen-bond acceptors (Lipinski definition) is 3. The maximum Gasteiger partial charge on any atom is 0.239 e. The Morgan fingerprint density at radius 1 is 1.27 bits per heavy atom. The topological polar surface area (TPSA) is 55.1 Å². The molecule has 0 aliphatic carbocycles. The van der Waals surface area contributed by atoms with Crippen LogP contribution in [0.25, 0.3) is 22.6 Å². The van der Waals surface area contributed by atoms with Crippen molar-refractivity contribution in [3.05, 3.63) is 47.0 Å². The Morgan fingerprint density at radius 2 is 2.09 bits per heavy atom. The van der Waals surface area contributed by atoms with Crippen LogP contribution in [0.2, 0.25) is 5.02 Å². The summed E-state index contributed by atoms with van der Waals surface area (Å²) in [6, 6.07) is 10.8. The lowest BCUT2D eigenvalue weighted by molar-refractivity contribution is -0.113. The Balaban J connectivity index is 1.96. The molecule has 0 radical (unpaired) electrons. The molecule has 0 spiro atoms. The van der Waals surface area contributed by atoms with Crippen LogP contribution in [0.4, 0.5) is 5.69 Å². The van der Waals surface area contributed by atoms with Gasteiger partial charge in [-0.05, 0) is 48.9 Å². The molecule has 3 aromatic rings. The lowest BCUT2D eigenvalue weighted by Crippen LogP contribution is -2.13. The molecule has 0 fully saturated rings. The highest BCUT2D eigenvalue weighted by molar-refractivity contribution is 6.31. The predicted octanol–water partition coefficient (Wildman–Crippen LogP) is 4.63. The number of halogens is 2. The third-order valence-corrected chi connectivity index (χ3v) is 3.70. The van der Waals surface area contributed by atoms with Gasteiger partial charge in [-0.2, -0.15) is 0 Å². The van der Waals surface area contributed by atoms with Gasteiger partial charge in [-0.1, -0.05) is 11.6 Å². The van der Waals surface area contributed by atoms with E-state index in [9.17, 15) is 4.79 Å². The number of aryl methyl sites for hydroxylation is 1. The molecule has 0 saturated carbocycles. The fraction of sp³-hybridized carbons (Fsp3) is 0.125. The predicted molar refractivity (Wildman–Crippen MR) is 88.5 cm³/mol. The van der Waals surface area contributed by atoms with Crippen molar-refractivity contribution in [2.24, 2.45) is 0 Å². The zero-order chi connectivity index (χ0) is 15.7. The Kier molecular flexibility index (Phi) is 4.05. The van der Waals surface area contributed by atoms with Crippen molar-refractivity contribution in [2.45, 2.75) is 6.92 Å². The van der Waals surface area contributed by atoms with Crippen molar-refractivity contribution in [1.82, 2.24) is 4.98 Å². The van der Waals surface area contributed by atoms with Gasteiger partial charge in [-0.15, -0.1) is 11.6 Å². The first-order valence-electron chi connectivity index (χ1n) is 6.60. The fourth-order valence-corrected chi connectivity index (χ4v) is 2.38. The molecule has 0 aliphatic heterocycles. The van der Waals surface area contributed by atoms with Crippen LogP contribution in [-0.2, 0) is 4.79 Å². The largest absolute Gasteiger partial charge is 0.436 e. The third kappa shape index (κ3) is 2.93. The number of nitrogens with zero attached hydrogens (tertiary/aromatic N) is 1. The zero-order valence-corrected chi connectivity index (χ0v) is 13.2. The molecule has 22 heavy (non-hydrogen) atoms. The van der Waals surface area contributed by atoms with Crippen LogP contribution >= 0.6 is 23.2 Å². The van der Waals surface area contributed by atoms with E-state index in [-0.39, 0.29) is 11.8 Å². The third-order valence-electron chi connectivity index (χ3n) is 3.22. The van der Waals surface area contributed by atoms with Crippen molar-refractivity contribution < 1.29 is 9.21 Å². The minimum absolute atomic E-state index is 0.0763. The second kappa shape index (κ2) is 5.99. The average molecular weight is 335 g/mol. The SMILES string of the molecule is Cc1cc(-c2nc3cc(Cl)ccc3o2)ccc1NC(=O)CCl. The second-order valence-electron chi connectivity index (χ2n) is 4.84. The summed E-state index contributed by atoms with van der Waals surface area (Å²) in [7, 11) is 0. The van der Waals surface area contributed by atoms with Crippen molar-refractivity contribution in [3.8, 4) is 11.5 Å². The van der Waals surface area contributed by atoms with E-state index >= 15 is 0 Å². The highest BCUT2D eigenvalue weighted by atomic mass is 35.5. The minimum Gasteiger partial charge on any atom is -0.436 e. The molecule has 3 rings (SSSR count). The number of nitrogens with one attached hydrogen (secondary N) is 1. The molecular weight excluding hydrogens is 323 g/mol. The molecule has 0 saturated heterocycles. The molecule has 1 heterocycles. The maximum absolute atomic E-state index is 11.4. The van der Waals surface area contributed by atoms with Crippen molar-refractivity contribution in [1.29, 1.82) is 0 Å². The van der Waals surface area contributed by atoms with Gasteiger partial charge in [0, 0.05) is 16.3 Å². The normalized spacial score (nSPS) is 10.9. The molecule has 0 unspecified atom stereocenters. The van der Waals surface area contributed by atoms with Gasteiger partial charge >= 0.3 is 0 Å². The summed E-state index contributed by atoms with van der Waals surface area (Å²) < 4.78 is 5.73. The monoisotopic (exact) mass is 334 g/mol. The van der Waals surface area contributed by atoms with E-state index in [1.54, 1.807) is 24.3 Å². The maximum atomic E-state index is 11.4. The molecule has 4 nitrogen and oxygen atoms in total. The Bertz CT molecular complexity index is 858. The van der Waals surface area contributed by atoms with Crippen LogP contribution in [0.1, 0.15) is 5.56 Å². The van der Waals surface area contributed by atoms with Gasteiger partial charge in [0.2, 0.25) is 11.8 Å². The van der Waals surface area contributed by atoms with E-state index in [0.29, 0.717) is 27.7 Å². The summed E-state index contributed by atoms with van der Waals surface area (Å²) in [6.45, 7) is 1.90. The molecule has 6 heteroatoms. The minimum atomic E-state index is -0.242. The molecule has 112 valence electrons. The highest BCUT2D eigenvalue weighted by Gasteiger charge is 2.11. The summed E-state index contributed by atoms with van der Waals surface area (Å²) >= 11 is 11.4. The van der Waals surface area contributed by atoms with Crippen molar-refractivity contribution >= 4 is 45.9 Å². The fourth-order valence-electron chi connectivity index (χ4n) is 2.14. The number of fused-ring (bicyclic) bond motifs is 1. The quantitative estimate of drug-likeness (QED) is 0.710. The van der Waals surface area contributed by atoms with E-state index in [1.807, 2.05) is 19.1 Å². The number of benzene rings is 2. The zero-order valence-electron chi connectivity index (χ0n) is 11.7. The highest BCUT2D eigenvalue weighted by Crippen LogP contribution is 2.28. The van der Waals surface area contributed by atoms with Gasteiger partial charge in [-0.3, -0.25) is 4.79 Å². The van der Waals surface area contributed by atoms with Crippen LogP contribution < -0.4 is 5.32 Å². The van der Waals surface area contributed by atoms with Gasteiger partial charge in [-0.25, -0.2) is 4.98 Å². The summed E-state index contributed by atoms with van der Waals surface area (Å²) in [4.78, 5) is 15.8. The Morgan fingerprint density at radius 3 is 2.82 bits per heavy atom. The van der Waals surface area contributed by atoms with E-state index < -0.39 is 0 Å². The van der Waals surface area contributed by atoms with Crippen LogP contribution in [0.3, 0.4) is 0 Å². The summed E-state index contributed by atoms with van der Waals surface area (Å²) in [6.07, 6.45) is 0. The number of aromatic nitrogens is 1. The van der Waals surface area contributed by atoms with Crippen molar-refractivity contribution in [3.63, 3.8) is 0 Å². The number of alkyl halides is 1. The number of anilines is 1. The van der Waals surface area contributed by atoms with Crippen LogP contribution in [0, 0.1) is 6.92 Å². The smallest absolute Gasteiger partial charge is 0.239 e. The molecule has 0 aliphatic rings. The van der Waals surface area contributed by atoms with Crippen LogP contribution in [0.5, 0.6) is 0 Å². The number of hydrogen-bond donors (Lipinski definition) is 1. The first-order valence-corrected chi connectivity index (χ1v) is 7.51. The average Bonchev–Trinajstić information content (AvgIpc) is 2.92. The lowest BCUT2D eigenvalue weighted by atomic mass is 10.1. The van der Waals surface area contributed by atoms with Crippen molar-refractivity contribution in [2.75, 3.05) is 11.2 Å². The van der Waals surface area contributed by atoms with E-state index in [0.717, 1.165) is 11.1 Å². The number of amides is 1. The van der Waals surface area contributed by atoms with Gasteiger partial charge in [0.15, 0.2) is 5.58 Å². The summed E-state index contributed by atoms with van der Waals surface area (Å²) in [5, 5.41) is 3.35. The number of carbonyl (C=O) groups excluding carboxylic acids is 1. The first kappa shape index (κ1) is 14.9. The van der Waals surface area contributed by atoms with Gasteiger partial charge < -0.3 is 9.73 Å². The van der Waals surface area contributed by atoms with E-state index in [4.69, 9.17) is 27.6 Å². The van der Waals surface area contributed by atoms with E-state index in [1.165, 1.54) is 0 Å². The van der Waals surface area contributed by atoms with Gasteiger partial charge in [0.05, 0.1) is 0 Å². The van der Waals surface area contributed by atoms with Gasteiger partial charge in [0.25, 0.3) is 0 Å². The Labute approximate surface area is 137 Å². The molecule has 2 aromatic carbocycles. The molecule has 1 aromatic heterocycles. The number of carbonyl (C=O) groups is 1. The Hall–Kier alpha value is -2.04. The molecule has 0 atom stereocenters. The van der Waals surface area contributed by atoms with Crippen LogP contribution in [0.15, 0.2) is 40.8 Å². The van der Waals surface area contributed by atoms with E-state index in [2.05, 4.69) is 10.3 Å². The first-order chi connectivity index (χ1) is 10.6. The molecule has 1 amide bonds. The van der Waals surface area contributed by atoms with Gasteiger partial charge in [0.1, 0.15) is 11.4 Å². The molecular formula is C16H12Cl2N2O2. The molecule has 0 bridgehead atoms. The lowest BCUT2D eigenvalue weighted by Gasteiger charge is -2.07. The van der Waals surface area contributed by atoms with Crippen LogP contribution in [-0.4, -0.2) is 16.8 Å². The number of oxazole rings is 1.